The van der Waals surface area contributed by atoms with Gasteiger partial charge >= 0.3 is 0 Å². The van der Waals surface area contributed by atoms with Crippen LogP contribution in [0.25, 0.3) is 0 Å². The summed E-state index contributed by atoms with van der Waals surface area (Å²) in [7, 11) is 1.46. The SMILES string of the molecule is CO[C@@H]1O[C@@H]2COC(C)(C)O[C@H]2[C@@H]2Oc3ccc([N+](=O)[O-])cc3C(=O)N[C@@H]12. The number of nitro benzene ring substituents is 1. The van der Waals surface area contributed by atoms with Crippen LogP contribution in [-0.4, -0.2) is 61.0 Å². The van der Waals surface area contributed by atoms with Crippen LogP contribution in [0, 0.1) is 10.1 Å². The van der Waals surface area contributed by atoms with Gasteiger partial charge in [-0.3, -0.25) is 14.9 Å². The van der Waals surface area contributed by atoms with E-state index in [2.05, 4.69) is 5.32 Å². The zero-order chi connectivity index (χ0) is 19.3. The molecule has 0 aliphatic carbocycles. The third kappa shape index (κ3) is 3.14. The Morgan fingerprint density at radius 3 is 2.81 bits per heavy atom. The van der Waals surface area contributed by atoms with Crippen molar-refractivity contribution in [1.29, 1.82) is 0 Å². The number of amides is 1. The van der Waals surface area contributed by atoms with E-state index in [1.54, 1.807) is 13.8 Å². The van der Waals surface area contributed by atoms with E-state index in [1.165, 1.54) is 25.3 Å². The number of fused-ring (bicyclic) bond motifs is 4. The van der Waals surface area contributed by atoms with Gasteiger partial charge in [0.25, 0.3) is 11.6 Å². The minimum Gasteiger partial charge on any atom is -0.484 e. The minimum atomic E-state index is -0.840. The monoisotopic (exact) mass is 380 g/mol. The van der Waals surface area contributed by atoms with Crippen LogP contribution in [0.1, 0.15) is 24.2 Å². The topological polar surface area (TPSA) is 118 Å². The van der Waals surface area contributed by atoms with Gasteiger partial charge in [0.15, 0.2) is 18.2 Å². The molecule has 10 nitrogen and oxygen atoms in total. The first-order chi connectivity index (χ1) is 12.8. The predicted octanol–water partition coefficient (Wildman–Crippen LogP) is 0.977. The molecule has 0 saturated carbocycles. The Morgan fingerprint density at radius 1 is 1.33 bits per heavy atom. The Morgan fingerprint density at radius 2 is 2.11 bits per heavy atom. The number of hydrogen-bond donors (Lipinski definition) is 1. The van der Waals surface area contributed by atoms with Crippen molar-refractivity contribution in [3.63, 3.8) is 0 Å². The number of carbonyl (C=O) groups is 1. The summed E-state index contributed by atoms with van der Waals surface area (Å²) in [4.78, 5) is 23.2. The standard InChI is InChI=1S/C17H20N2O8/c1-17(2)24-7-11-13(27-17)14-12(16(23-3)26-11)18-15(20)9-6-8(19(21)22)4-5-10(9)25-14/h4-6,11-14,16H,7H2,1-3H3,(H,18,20)/t11-,12-,13-,14-,16-/m1/s1. The predicted molar refractivity (Wildman–Crippen MR) is 89.3 cm³/mol. The van der Waals surface area contributed by atoms with Gasteiger partial charge in [-0.2, -0.15) is 0 Å². The smallest absolute Gasteiger partial charge is 0.270 e. The number of rotatable bonds is 2. The maximum Gasteiger partial charge on any atom is 0.270 e. The summed E-state index contributed by atoms with van der Waals surface area (Å²) >= 11 is 0. The van der Waals surface area contributed by atoms with Crippen LogP contribution < -0.4 is 10.1 Å². The highest BCUT2D eigenvalue weighted by molar-refractivity contribution is 5.98. The third-order valence-electron chi connectivity index (χ3n) is 4.87. The molecule has 0 bridgehead atoms. The van der Waals surface area contributed by atoms with E-state index in [1.807, 2.05) is 0 Å². The molecule has 146 valence electrons. The molecule has 3 heterocycles. The molecule has 3 aliphatic heterocycles. The molecule has 0 spiro atoms. The molecule has 0 radical (unpaired) electrons. The molecule has 0 unspecified atom stereocenters. The van der Waals surface area contributed by atoms with E-state index in [9.17, 15) is 14.9 Å². The Balaban J connectivity index is 1.73. The fourth-order valence-electron chi connectivity index (χ4n) is 3.61. The lowest BCUT2D eigenvalue weighted by molar-refractivity contribution is -0.384. The first kappa shape index (κ1) is 18.1. The van der Waals surface area contributed by atoms with Crippen LogP contribution in [0.15, 0.2) is 18.2 Å². The van der Waals surface area contributed by atoms with Gasteiger partial charge in [-0.15, -0.1) is 0 Å². The first-order valence-electron chi connectivity index (χ1n) is 8.55. The molecule has 4 rings (SSSR count). The molecule has 1 aromatic carbocycles. The molecule has 1 amide bonds. The van der Waals surface area contributed by atoms with E-state index in [4.69, 9.17) is 23.7 Å². The van der Waals surface area contributed by atoms with E-state index >= 15 is 0 Å². The number of non-ortho nitro benzene ring substituents is 1. The number of nitrogens with one attached hydrogen (secondary N) is 1. The molecule has 2 fully saturated rings. The zero-order valence-electron chi connectivity index (χ0n) is 15.0. The van der Waals surface area contributed by atoms with Gasteiger partial charge in [-0.05, 0) is 19.9 Å². The summed E-state index contributed by atoms with van der Waals surface area (Å²) in [5.74, 6) is -1.10. The number of nitrogens with zero attached hydrogens (tertiary/aromatic N) is 1. The third-order valence-corrected chi connectivity index (χ3v) is 4.87. The van der Waals surface area contributed by atoms with Crippen molar-refractivity contribution < 1.29 is 33.4 Å². The lowest BCUT2D eigenvalue weighted by Gasteiger charge is -2.50. The molecule has 10 heteroatoms. The van der Waals surface area contributed by atoms with Crippen molar-refractivity contribution in [3.05, 3.63) is 33.9 Å². The minimum absolute atomic E-state index is 0.0799. The lowest BCUT2D eigenvalue weighted by atomic mass is 9.95. The van der Waals surface area contributed by atoms with Gasteiger partial charge in [0, 0.05) is 19.2 Å². The summed E-state index contributed by atoms with van der Waals surface area (Å²) in [6.45, 7) is 3.85. The van der Waals surface area contributed by atoms with Crippen molar-refractivity contribution in [2.75, 3.05) is 13.7 Å². The van der Waals surface area contributed by atoms with E-state index < -0.39 is 47.3 Å². The van der Waals surface area contributed by atoms with Crippen molar-refractivity contribution in [3.8, 4) is 5.75 Å². The van der Waals surface area contributed by atoms with Crippen LogP contribution in [0.3, 0.4) is 0 Å². The van der Waals surface area contributed by atoms with Crippen molar-refractivity contribution >= 4 is 11.6 Å². The van der Waals surface area contributed by atoms with Crippen LogP contribution >= 0.6 is 0 Å². The molecular formula is C17H20N2O8. The average Bonchev–Trinajstić information content (AvgIpc) is 2.77. The molecule has 27 heavy (non-hydrogen) atoms. The van der Waals surface area contributed by atoms with E-state index in [-0.39, 0.29) is 23.6 Å². The maximum atomic E-state index is 12.7. The molecule has 2 saturated heterocycles. The van der Waals surface area contributed by atoms with Crippen molar-refractivity contribution in [2.45, 2.75) is 50.3 Å². The largest absolute Gasteiger partial charge is 0.484 e. The quantitative estimate of drug-likeness (QED) is 0.596. The highest BCUT2D eigenvalue weighted by Gasteiger charge is 2.54. The van der Waals surface area contributed by atoms with E-state index in [0.29, 0.717) is 0 Å². The number of benzene rings is 1. The summed E-state index contributed by atoms with van der Waals surface area (Å²) in [5.41, 5.74) is -0.116. The summed E-state index contributed by atoms with van der Waals surface area (Å²) in [6.07, 6.45) is -2.37. The molecule has 5 atom stereocenters. The molecule has 1 N–H and O–H groups in total. The molecular weight excluding hydrogens is 360 g/mol. The van der Waals surface area contributed by atoms with Crippen LogP contribution in [0.4, 0.5) is 5.69 Å². The van der Waals surface area contributed by atoms with Gasteiger partial charge in [0.2, 0.25) is 0 Å². The maximum absolute atomic E-state index is 12.7. The Hall–Kier alpha value is -2.27. The number of carbonyl (C=O) groups excluding carboxylic acids is 1. The normalized spacial score (nSPS) is 34.2. The van der Waals surface area contributed by atoms with Crippen LogP contribution in [-0.2, 0) is 18.9 Å². The Bertz CT molecular complexity index is 782. The summed E-state index contributed by atoms with van der Waals surface area (Å²) < 4.78 is 29.1. The lowest BCUT2D eigenvalue weighted by Crippen LogP contribution is -2.69. The highest BCUT2D eigenvalue weighted by atomic mass is 16.8. The fraction of sp³-hybridized carbons (Fsp3) is 0.588. The van der Waals surface area contributed by atoms with Crippen LogP contribution in [0.2, 0.25) is 0 Å². The van der Waals surface area contributed by atoms with Gasteiger partial charge in [-0.1, -0.05) is 0 Å². The van der Waals surface area contributed by atoms with Gasteiger partial charge in [0.1, 0.15) is 24.0 Å². The average molecular weight is 380 g/mol. The number of hydrogen-bond acceptors (Lipinski definition) is 8. The Kier molecular flexibility index (Phi) is 4.30. The van der Waals surface area contributed by atoms with E-state index in [0.717, 1.165) is 0 Å². The summed E-state index contributed by atoms with van der Waals surface area (Å²) in [6, 6.07) is 3.25. The Labute approximate surface area is 154 Å². The van der Waals surface area contributed by atoms with Crippen molar-refractivity contribution in [1.82, 2.24) is 5.32 Å². The first-order valence-corrected chi connectivity index (χ1v) is 8.55. The van der Waals surface area contributed by atoms with Gasteiger partial charge in [0.05, 0.1) is 17.1 Å². The van der Waals surface area contributed by atoms with Gasteiger partial charge in [-0.25, -0.2) is 0 Å². The van der Waals surface area contributed by atoms with Gasteiger partial charge < -0.3 is 29.0 Å². The fourth-order valence-corrected chi connectivity index (χ4v) is 3.61. The molecule has 3 aliphatic rings. The second kappa shape index (κ2) is 6.41. The molecule has 1 aromatic rings. The second-order valence-corrected chi connectivity index (χ2v) is 7.09. The van der Waals surface area contributed by atoms with Crippen LogP contribution in [0.5, 0.6) is 5.75 Å². The molecule has 0 aromatic heterocycles. The zero-order valence-corrected chi connectivity index (χ0v) is 15.0. The number of nitro groups is 1. The number of ether oxygens (including phenoxy) is 5. The van der Waals surface area contributed by atoms with Crippen molar-refractivity contribution in [2.24, 2.45) is 0 Å². The highest BCUT2D eigenvalue weighted by Crippen LogP contribution is 2.37. The number of methoxy groups -OCH3 is 1. The summed E-state index contributed by atoms with van der Waals surface area (Å²) in [5, 5.41) is 13.9. The second-order valence-electron chi connectivity index (χ2n) is 7.09.